The first-order valence-electron chi connectivity index (χ1n) is 4.45. The van der Waals surface area contributed by atoms with Crippen LogP contribution in [0.25, 0.3) is 0 Å². The van der Waals surface area contributed by atoms with Gasteiger partial charge in [-0.25, -0.2) is 4.68 Å². The average Bonchev–Trinajstić information content (AvgIpc) is 2.20. The molecule has 0 bridgehead atoms. The predicted molar refractivity (Wildman–Crippen MR) is 54.5 cm³/mol. The van der Waals surface area contributed by atoms with E-state index in [4.69, 9.17) is 4.74 Å². The van der Waals surface area contributed by atoms with E-state index in [0.29, 0.717) is 6.54 Å². The number of nitrogens with one attached hydrogen (secondary N) is 1. The van der Waals surface area contributed by atoms with Gasteiger partial charge >= 0.3 is 0 Å². The lowest BCUT2D eigenvalue weighted by Gasteiger charge is -2.10. The molecule has 0 aliphatic rings. The van der Waals surface area contributed by atoms with Crippen molar-refractivity contribution in [3.05, 3.63) is 22.6 Å². The Balaban J connectivity index is 2.84. The third-order valence-electron chi connectivity index (χ3n) is 1.99. The summed E-state index contributed by atoms with van der Waals surface area (Å²) in [6.45, 7) is 2.36. The molecule has 0 fully saturated rings. The molecule has 5 nitrogen and oxygen atoms in total. The maximum Gasteiger partial charge on any atom is 0.268 e. The highest BCUT2D eigenvalue weighted by Gasteiger charge is 2.04. The number of hydrogen-bond donors (Lipinski definition) is 1. The zero-order valence-electron chi connectivity index (χ0n) is 8.65. The first-order valence-corrected chi connectivity index (χ1v) is 4.45. The summed E-state index contributed by atoms with van der Waals surface area (Å²) < 4.78 is 6.43. The number of methoxy groups -OCH3 is 1. The molecule has 1 aromatic heterocycles. The first-order chi connectivity index (χ1) is 6.67. The lowest BCUT2D eigenvalue weighted by atomic mass is 10.4. The number of rotatable bonds is 4. The van der Waals surface area contributed by atoms with E-state index in [9.17, 15) is 4.79 Å². The largest absolute Gasteiger partial charge is 0.387 e. The number of anilines is 1. The van der Waals surface area contributed by atoms with Gasteiger partial charge in [0, 0.05) is 20.2 Å². The maximum atomic E-state index is 11.5. The van der Waals surface area contributed by atoms with Crippen LogP contribution in [0.3, 0.4) is 0 Å². The molecule has 1 atom stereocenters. The van der Waals surface area contributed by atoms with Crippen LogP contribution in [0.5, 0.6) is 0 Å². The van der Waals surface area contributed by atoms with Crippen molar-refractivity contribution < 1.29 is 4.74 Å². The van der Waals surface area contributed by atoms with E-state index in [-0.39, 0.29) is 11.7 Å². The maximum absolute atomic E-state index is 11.5. The lowest BCUT2D eigenvalue weighted by Crippen LogP contribution is -2.27. The zero-order valence-corrected chi connectivity index (χ0v) is 8.65. The predicted octanol–water partition coefficient (Wildman–Crippen LogP) is 0.320. The smallest absolute Gasteiger partial charge is 0.268 e. The van der Waals surface area contributed by atoms with Crippen molar-refractivity contribution in [2.75, 3.05) is 19.5 Å². The van der Waals surface area contributed by atoms with E-state index in [1.54, 1.807) is 20.4 Å². The molecular weight excluding hydrogens is 182 g/mol. The van der Waals surface area contributed by atoms with Crippen LogP contribution < -0.4 is 10.9 Å². The van der Waals surface area contributed by atoms with Crippen molar-refractivity contribution >= 4 is 5.69 Å². The van der Waals surface area contributed by atoms with Crippen molar-refractivity contribution in [1.29, 1.82) is 0 Å². The van der Waals surface area contributed by atoms with Crippen LogP contribution in [0.15, 0.2) is 17.1 Å². The Hall–Kier alpha value is -1.36. The van der Waals surface area contributed by atoms with Crippen molar-refractivity contribution in [3.8, 4) is 0 Å². The van der Waals surface area contributed by atoms with Gasteiger partial charge in [-0.15, -0.1) is 0 Å². The van der Waals surface area contributed by atoms with Gasteiger partial charge in [0.15, 0.2) is 0 Å². The third kappa shape index (κ3) is 2.56. The van der Waals surface area contributed by atoms with Crippen LogP contribution in [-0.4, -0.2) is 30.0 Å². The molecule has 1 unspecified atom stereocenters. The summed E-state index contributed by atoms with van der Waals surface area (Å²) in [7, 11) is 3.36. The van der Waals surface area contributed by atoms with Gasteiger partial charge < -0.3 is 10.1 Å². The van der Waals surface area contributed by atoms with E-state index < -0.39 is 0 Å². The molecule has 14 heavy (non-hydrogen) atoms. The van der Waals surface area contributed by atoms with Crippen LogP contribution in [0.4, 0.5) is 5.69 Å². The molecule has 1 N–H and O–H groups in total. The topological polar surface area (TPSA) is 56.1 Å². The van der Waals surface area contributed by atoms with Crippen LogP contribution in [0.1, 0.15) is 6.92 Å². The minimum atomic E-state index is -0.124. The normalized spacial score (nSPS) is 12.5. The Bertz CT molecular complexity index is 348. The third-order valence-corrected chi connectivity index (χ3v) is 1.99. The number of hydrogen-bond acceptors (Lipinski definition) is 4. The van der Waals surface area contributed by atoms with E-state index in [0.717, 1.165) is 5.69 Å². The van der Waals surface area contributed by atoms with Crippen LogP contribution >= 0.6 is 0 Å². The molecule has 0 radical (unpaired) electrons. The molecular formula is C9H15N3O2. The van der Waals surface area contributed by atoms with Crippen molar-refractivity contribution in [2.24, 2.45) is 0 Å². The van der Waals surface area contributed by atoms with Crippen LogP contribution in [-0.2, 0) is 11.3 Å². The summed E-state index contributed by atoms with van der Waals surface area (Å²) in [6, 6.07) is 1.51. The molecule has 1 heterocycles. The Kier molecular flexibility index (Phi) is 3.64. The van der Waals surface area contributed by atoms with E-state index in [1.807, 2.05) is 6.92 Å². The minimum absolute atomic E-state index is 0.0133. The van der Waals surface area contributed by atoms with Gasteiger partial charge in [0.1, 0.15) is 0 Å². The second kappa shape index (κ2) is 4.76. The Morgan fingerprint density at radius 3 is 2.93 bits per heavy atom. The molecule has 78 valence electrons. The zero-order chi connectivity index (χ0) is 10.6. The highest BCUT2D eigenvalue weighted by molar-refractivity contribution is 5.37. The minimum Gasteiger partial charge on any atom is -0.387 e. The fourth-order valence-corrected chi connectivity index (χ4v) is 1.03. The molecule has 0 amide bonds. The summed E-state index contributed by atoms with van der Waals surface area (Å²) in [5.74, 6) is 0. The molecule has 1 rings (SSSR count). The SMILES string of the molecule is CNc1cnn(CC(C)OC)c(=O)c1. The lowest BCUT2D eigenvalue weighted by molar-refractivity contribution is 0.0984. The standard InChI is InChI=1S/C9H15N3O2/c1-7(14-3)6-12-9(13)4-8(10-2)5-11-12/h4-5,7,10H,6H2,1-3H3. The second-order valence-corrected chi connectivity index (χ2v) is 3.06. The number of nitrogens with zero attached hydrogens (tertiary/aromatic N) is 2. The summed E-state index contributed by atoms with van der Waals surface area (Å²) in [5, 5.41) is 6.85. The number of aromatic nitrogens is 2. The van der Waals surface area contributed by atoms with E-state index in [2.05, 4.69) is 10.4 Å². The van der Waals surface area contributed by atoms with Gasteiger partial charge in [-0.05, 0) is 6.92 Å². The highest BCUT2D eigenvalue weighted by Crippen LogP contribution is 1.97. The van der Waals surface area contributed by atoms with E-state index >= 15 is 0 Å². The summed E-state index contributed by atoms with van der Waals surface area (Å²) in [4.78, 5) is 11.5. The molecule has 0 aromatic carbocycles. The van der Waals surface area contributed by atoms with Gasteiger partial charge in [0.05, 0.1) is 24.5 Å². The summed E-state index contributed by atoms with van der Waals surface area (Å²) in [6.07, 6.45) is 1.60. The van der Waals surface area contributed by atoms with Crippen molar-refractivity contribution in [2.45, 2.75) is 19.6 Å². The molecule has 0 saturated heterocycles. The van der Waals surface area contributed by atoms with Gasteiger partial charge in [-0.2, -0.15) is 5.10 Å². The van der Waals surface area contributed by atoms with Gasteiger partial charge in [0.25, 0.3) is 5.56 Å². The van der Waals surface area contributed by atoms with E-state index in [1.165, 1.54) is 10.7 Å². The summed E-state index contributed by atoms with van der Waals surface area (Å²) in [5.41, 5.74) is 0.595. The quantitative estimate of drug-likeness (QED) is 0.755. The molecule has 0 aliphatic heterocycles. The Morgan fingerprint density at radius 2 is 2.43 bits per heavy atom. The first kappa shape index (κ1) is 10.7. The van der Waals surface area contributed by atoms with Gasteiger partial charge in [-0.3, -0.25) is 4.79 Å². The van der Waals surface area contributed by atoms with Crippen LogP contribution in [0.2, 0.25) is 0 Å². The van der Waals surface area contributed by atoms with Crippen molar-refractivity contribution in [3.63, 3.8) is 0 Å². The fourth-order valence-electron chi connectivity index (χ4n) is 1.03. The molecule has 0 spiro atoms. The van der Waals surface area contributed by atoms with Gasteiger partial charge in [0.2, 0.25) is 0 Å². The number of ether oxygens (including phenoxy) is 1. The van der Waals surface area contributed by atoms with Crippen molar-refractivity contribution in [1.82, 2.24) is 9.78 Å². The molecule has 0 aliphatic carbocycles. The average molecular weight is 197 g/mol. The Morgan fingerprint density at radius 1 is 1.71 bits per heavy atom. The molecule has 0 saturated carbocycles. The molecule has 5 heteroatoms. The summed E-state index contributed by atoms with van der Waals surface area (Å²) >= 11 is 0. The van der Waals surface area contributed by atoms with Gasteiger partial charge in [-0.1, -0.05) is 0 Å². The Labute approximate surface area is 82.7 Å². The molecule has 1 aromatic rings. The highest BCUT2D eigenvalue weighted by atomic mass is 16.5. The monoisotopic (exact) mass is 197 g/mol. The second-order valence-electron chi connectivity index (χ2n) is 3.06. The fraction of sp³-hybridized carbons (Fsp3) is 0.556. The van der Waals surface area contributed by atoms with Crippen LogP contribution in [0, 0.1) is 0 Å².